The first-order valence-corrected chi connectivity index (χ1v) is 6.47. The highest BCUT2D eigenvalue weighted by atomic mass is 16.3. The second-order valence-electron chi connectivity index (χ2n) is 5.37. The Bertz CT molecular complexity index is 232. The van der Waals surface area contributed by atoms with E-state index in [9.17, 15) is 9.90 Å². The molecule has 1 rings (SSSR count). The summed E-state index contributed by atoms with van der Waals surface area (Å²) < 4.78 is 0. The third kappa shape index (κ3) is 3.48. The molecule has 3 heteroatoms. The highest BCUT2D eigenvalue weighted by Crippen LogP contribution is 2.25. The van der Waals surface area contributed by atoms with E-state index in [1.165, 1.54) is 12.8 Å². The summed E-state index contributed by atoms with van der Waals surface area (Å²) in [7, 11) is 0. The van der Waals surface area contributed by atoms with Crippen LogP contribution in [0, 0.1) is 11.8 Å². The number of amides is 1. The standard InChI is InChI=1S/C13H25NO2/c1-4-10(2)13(3,16)9-14-12(15)11-7-5-6-8-11/h10-11,16H,4-9H2,1-3H3,(H,14,15). The Morgan fingerprint density at radius 3 is 2.56 bits per heavy atom. The van der Waals surface area contributed by atoms with Crippen molar-refractivity contribution in [3.63, 3.8) is 0 Å². The van der Waals surface area contributed by atoms with Crippen LogP contribution in [0.5, 0.6) is 0 Å². The van der Waals surface area contributed by atoms with Crippen LogP contribution < -0.4 is 5.32 Å². The van der Waals surface area contributed by atoms with E-state index < -0.39 is 5.60 Å². The van der Waals surface area contributed by atoms with E-state index in [0.717, 1.165) is 19.3 Å². The van der Waals surface area contributed by atoms with Crippen molar-refractivity contribution in [2.24, 2.45) is 11.8 Å². The second kappa shape index (κ2) is 5.67. The molecule has 0 aliphatic heterocycles. The van der Waals surface area contributed by atoms with Crippen LogP contribution in [0.4, 0.5) is 0 Å². The van der Waals surface area contributed by atoms with Crippen molar-refractivity contribution in [3.05, 3.63) is 0 Å². The van der Waals surface area contributed by atoms with Crippen molar-refractivity contribution in [3.8, 4) is 0 Å². The zero-order valence-corrected chi connectivity index (χ0v) is 10.8. The number of hydrogen-bond donors (Lipinski definition) is 2. The Labute approximate surface area is 98.6 Å². The van der Waals surface area contributed by atoms with Gasteiger partial charge in [-0.05, 0) is 25.7 Å². The van der Waals surface area contributed by atoms with Crippen molar-refractivity contribution >= 4 is 5.91 Å². The van der Waals surface area contributed by atoms with Gasteiger partial charge in [-0.15, -0.1) is 0 Å². The van der Waals surface area contributed by atoms with Gasteiger partial charge in [0.25, 0.3) is 0 Å². The third-order valence-electron chi connectivity index (χ3n) is 4.02. The Kier molecular flexibility index (Phi) is 4.78. The molecule has 1 fully saturated rings. The first-order valence-electron chi connectivity index (χ1n) is 6.47. The topological polar surface area (TPSA) is 49.3 Å². The molecule has 1 aliphatic carbocycles. The summed E-state index contributed by atoms with van der Waals surface area (Å²) in [6.07, 6.45) is 5.28. The lowest BCUT2D eigenvalue weighted by atomic mass is 9.88. The molecule has 1 amide bonds. The molecule has 0 aromatic heterocycles. The van der Waals surface area contributed by atoms with Crippen LogP contribution in [0.3, 0.4) is 0 Å². The Hall–Kier alpha value is -0.570. The number of rotatable bonds is 5. The average molecular weight is 227 g/mol. The van der Waals surface area contributed by atoms with Gasteiger partial charge in [-0.3, -0.25) is 4.79 Å². The molecule has 0 bridgehead atoms. The summed E-state index contributed by atoms with van der Waals surface area (Å²) in [4.78, 5) is 11.8. The van der Waals surface area contributed by atoms with E-state index >= 15 is 0 Å². The van der Waals surface area contributed by atoms with Gasteiger partial charge in [-0.25, -0.2) is 0 Å². The molecule has 2 N–H and O–H groups in total. The smallest absolute Gasteiger partial charge is 0.223 e. The van der Waals surface area contributed by atoms with Crippen LogP contribution in [0.2, 0.25) is 0 Å². The Morgan fingerprint density at radius 2 is 2.06 bits per heavy atom. The quantitative estimate of drug-likeness (QED) is 0.755. The largest absolute Gasteiger partial charge is 0.388 e. The minimum Gasteiger partial charge on any atom is -0.388 e. The highest BCUT2D eigenvalue weighted by molar-refractivity contribution is 5.78. The van der Waals surface area contributed by atoms with Crippen molar-refractivity contribution in [1.29, 1.82) is 0 Å². The van der Waals surface area contributed by atoms with Crippen molar-refractivity contribution in [1.82, 2.24) is 5.32 Å². The molecule has 0 aromatic carbocycles. The summed E-state index contributed by atoms with van der Waals surface area (Å²) in [6.45, 7) is 6.24. The lowest BCUT2D eigenvalue weighted by Crippen LogP contribution is -2.46. The summed E-state index contributed by atoms with van der Waals surface area (Å²) in [5.41, 5.74) is -0.789. The number of carbonyl (C=O) groups is 1. The molecule has 0 aromatic rings. The van der Waals surface area contributed by atoms with E-state index in [1.807, 2.05) is 6.92 Å². The molecular weight excluding hydrogens is 202 g/mol. The van der Waals surface area contributed by atoms with Crippen LogP contribution in [0.15, 0.2) is 0 Å². The molecule has 0 heterocycles. The molecular formula is C13H25NO2. The van der Waals surface area contributed by atoms with E-state index in [4.69, 9.17) is 0 Å². The maximum atomic E-state index is 11.8. The maximum absolute atomic E-state index is 11.8. The van der Waals surface area contributed by atoms with Gasteiger partial charge in [0.1, 0.15) is 0 Å². The van der Waals surface area contributed by atoms with Gasteiger partial charge in [-0.2, -0.15) is 0 Å². The number of carbonyl (C=O) groups excluding carboxylic acids is 1. The molecule has 3 nitrogen and oxygen atoms in total. The zero-order chi connectivity index (χ0) is 12.2. The average Bonchev–Trinajstić information content (AvgIpc) is 2.78. The van der Waals surface area contributed by atoms with E-state index in [2.05, 4.69) is 12.2 Å². The summed E-state index contributed by atoms with van der Waals surface area (Å²) >= 11 is 0. The first-order chi connectivity index (χ1) is 7.47. The minimum atomic E-state index is -0.789. The highest BCUT2D eigenvalue weighted by Gasteiger charge is 2.29. The fraction of sp³-hybridized carbons (Fsp3) is 0.923. The van der Waals surface area contributed by atoms with Gasteiger partial charge in [0.05, 0.1) is 5.60 Å². The van der Waals surface area contributed by atoms with Crippen LogP contribution in [-0.4, -0.2) is 23.2 Å². The monoisotopic (exact) mass is 227 g/mol. The molecule has 2 atom stereocenters. The lowest BCUT2D eigenvalue weighted by molar-refractivity contribution is -0.126. The van der Waals surface area contributed by atoms with Crippen molar-refractivity contribution in [2.75, 3.05) is 6.54 Å². The second-order valence-corrected chi connectivity index (χ2v) is 5.37. The molecule has 0 saturated heterocycles. The number of aliphatic hydroxyl groups is 1. The van der Waals surface area contributed by atoms with Crippen molar-refractivity contribution < 1.29 is 9.90 Å². The van der Waals surface area contributed by atoms with Crippen LogP contribution in [-0.2, 0) is 4.79 Å². The van der Waals surface area contributed by atoms with Gasteiger partial charge in [0, 0.05) is 12.5 Å². The lowest BCUT2D eigenvalue weighted by Gasteiger charge is -2.30. The SMILES string of the molecule is CCC(C)C(C)(O)CNC(=O)C1CCCC1. The fourth-order valence-electron chi connectivity index (χ4n) is 2.21. The fourth-order valence-corrected chi connectivity index (χ4v) is 2.21. The normalized spacial score (nSPS) is 22.8. The Balaban J connectivity index is 2.35. The van der Waals surface area contributed by atoms with Crippen LogP contribution >= 0.6 is 0 Å². The summed E-state index contributed by atoms with van der Waals surface area (Å²) in [5.74, 6) is 0.519. The first kappa shape index (κ1) is 13.5. The van der Waals surface area contributed by atoms with E-state index in [-0.39, 0.29) is 17.7 Å². The zero-order valence-electron chi connectivity index (χ0n) is 10.8. The maximum Gasteiger partial charge on any atom is 0.223 e. The van der Waals surface area contributed by atoms with Gasteiger partial charge in [0.15, 0.2) is 0 Å². The van der Waals surface area contributed by atoms with Crippen LogP contribution in [0.25, 0.3) is 0 Å². The minimum absolute atomic E-state index is 0.126. The molecule has 0 spiro atoms. The number of hydrogen-bond acceptors (Lipinski definition) is 2. The predicted molar refractivity (Wildman–Crippen MR) is 65.0 cm³/mol. The molecule has 1 aliphatic rings. The van der Waals surface area contributed by atoms with E-state index in [1.54, 1.807) is 6.92 Å². The van der Waals surface area contributed by atoms with Gasteiger partial charge in [0.2, 0.25) is 5.91 Å². The molecule has 1 saturated carbocycles. The van der Waals surface area contributed by atoms with Gasteiger partial charge in [-0.1, -0.05) is 33.1 Å². The Morgan fingerprint density at radius 1 is 1.50 bits per heavy atom. The molecule has 2 unspecified atom stereocenters. The van der Waals surface area contributed by atoms with Gasteiger partial charge >= 0.3 is 0 Å². The van der Waals surface area contributed by atoms with E-state index in [0.29, 0.717) is 6.54 Å². The predicted octanol–water partition coefficient (Wildman–Crippen LogP) is 2.09. The molecule has 94 valence electrons. The molecule has 16 heavy (non-hydrogen) atoms. The van der Waals surface area contributed by atoms with Crippen molar-refractivity contribution in [2.45, 2.75) is 58.5 Å². The third-order valence-corrected chi connectivity index (χ3v) is 4.02. The number of nitrogens with one attached hydrogen (secondary N) is 1. The summed E-state index contributed by atoms with van der Waals surface area (Å²) in [6, 6.07) is 0. The molecule has 0 radical (unpaired) electrons. The van der Waals surface area contributed by atoms with Crippen LogP contribution in [0.1, 0.15) is 52.9 Å². The summed E-state index contributed by atoms with van der Waals surface area (Å²) in [5, 5.41) is 13.1. The van der Waals surface area contributed by atoms with Gasteiger partial charge < -0.3 is 10.4 Å².